The average molecular weight is 358 g/mol. The molecule has 2 aliphatic carbocycles. The minimum absolute atomic E-state index is 0.118. The van der Waals surface area contributed by atoms with E-state index in [1.807, 2.05) is 0 Å². The lowest BCUT2D eigenvalue weighted by Gasteiger charge is -2.29. The van der Waals surface area contributed by atoms with E-state index in [2.05, 4.69) is 32.5 Å². The van der Waals surface area contributed by atoms with Gasteiger partial charge in [-0.2, -0.15) is 4.98 Å². The summed E-state index contributed by atoms with van der Waals surface area (Å²) < 4.78 is 0. The van der Waals surface area contributed by atoms with Crippen LogP contribution in [0.4, 0.5) is 11.8 Å². The number of aromatic nitrogens is 2. The van der Waals surface area contributed by atoms with Gasteiger partial charge in [0.2, 0.25) is 11.9 Å². The van der Waals surface area contributed by atoms with Crippen LogP contribution in [0.1, 0.15) is 56.9 Å². The predicted molar refractivity (Wildman–Crippen MR) is 105 cm³/mol. The molecule has 1 aromatic rings. The SMILES string of the molecule is C=C(N)c1cnc(NC2CCCC2)nc1N[C@H]1CC[C@@H](C(=O)NC)CC1. The Morgan fingerprint density at radius 3 is 2.38 bits per heavy atom. The zero-order valence-electron chi connectivity index (χ0n) is 15.6. The van der Waals surface area contributed by atoms with Crippen LogP contribution < -0.4 is 21.7 Å². The Morgan fingerprint density at radius 2 is 1.77 bits per heavy atom. The lowest BCUT2D eigenvalue weighted by atomic mass is 9.85. The van der Waals surface area contributed by atoms with Crippen molar-refractivity contribution in [2.24, 2.45) is 11.7 Å². The predicted octanol–water partition coefficient (Wildman–Crippen LogP) is 2.48. The van der Waals surface area contributed by atoms with Crippen molar-refractivity contribution in [3.8, 4) is 0 Å². The van der Waals surface area contributed by atoms with Crippen molar-refractivity contribution in [1.82, 2.24) is 15.3 Å². The Morgan fingerprint density at radius 1 is 1.12 bits per heavy atom. The molecule has 26 heavy (non-hydrogen) atoms. The fourth-order valence-corrected chi connectivity index (χ4v) is 3.95. The smallest absolute Gasteiger partial charge is 0.224 e. The number of anilines is 2. The molecular formula is C19H30N6O. The van der Waals surface area contributed by atoms with Crippen LogP contribution in [0.15, 0.2) is 12.8 Å². The van der Waals surface area contributed by atoms with Crippen molar-refractivity contribution in [2.45, 2.75) is 63.5 Å². The van der Waals surface area contributed by atoms with Gasteiger partial charge < -0.3 is 21.7 Å². The molecule has 0 aliphatic heterocycles. The quantitative estimate of drug-likeness (QED) is 0.623. The van der Waals surface area contributed by atoms with Gasteiger partial charge in [0.15, 0.2) is 0 Å². The van der Waals surface area contributed by atoms with Gasteiger partial charge in [0.05, 0.1) is 5.56 Å². The first-order valence-corrected chi connectivity index (χ1v) is 9.63. The van der Waals surface area contributed by atoms with E-state index in [4.69, 9.17) is 5.73 Å². The highest BCUT2D eigenvalue weighted by Gasteiger charge is 2.26. The highest BCUT2D eigenvalue weighted by atomic mass is 16.1. The van der Waals surface area contributed by atoms with E-state index in [9.17, 15) is 4.79 Å². The van der Waals surface area contributed by atoms with Crippen LogP contribution in [0.25, 0.3) is 5.70 Å². The molecule has 5 N–H and O–H groups in total. The summed E-state index contributed by atoms with van der Waals surface area (Å²) in [6, 6.07) is 0.737. The van der Waals surface area contributed by atoms with E-state index in [0.717, 1.165) is 37.1 Å². The number of amides is 1. The summed E-state index contributed by atoms with van der Waals surface area (Å²) in [5, 5.41) is 9.69. The number of rotatable bonds is 6. The van der Waals surface area contributed by atoms with Crippen LogP contribution in [-0.4, -0.2) is 35.0 Å². The number of carbonyl (C=O) groups is 1. The zero-order valence-corrected chi connectivity index (χ0v) is 15.6. The van der Waals surface area contributed by atoms with Crippen molar-refractivity contribution in [2.75, 3.05) is 17.7 Å². The third-order valence-corrected chi connectivity index (χ3v) is 5.51. The van der Waals surface area contributed by atoms with Crippen molar-refractivity contribution in [1.29, 1.82) is 0 Å². The van der Waals surface area contributed by atoms with Gasteiger partial charge >= 0.3 is 0 Å². The van der Waals surface area contributed by atoms with Gasteiger partial charge in [-0.15, -0.1) is 0 Å². The number of hydrogen-bond acceptors (Lipinski definition) is 6. The Balaban J connectivity index is 1.67. The fourth-order valence-electron chi connectivity index (χ4n) is 3.95. The molecule has 1 aromatic heterocycles. The number of nitrogens with one attached hydrogen (secondary N) is 3. The van der Waals surface area contributed by atoms with Crippen LogP contribution in [0.3, 0.4) is 0 Å². The third kappa shape index (κ3) is 4.45. The van der Waals surface area contributed by atoms with E-state index in [-0.39, 0.29) is 17.9 Å². The summed E-state index contributed by atoms with van der Waals surface area (Å²) in [6.45, 7) is 3.84. The third-order valence-electron chi connectivity index (χ3n) is 5.51. The highest BCUT2D eigenvalue weighted by molar-refractivity contribution is 5.78. The van der Waals surface area contributed by atoms with Gasteiger partial charge in [-0.05, 0) is 38.5 Å². The maximum Gasteiger partial charge on any atom is 0.224 e. The van der Waals surface area contributed by atoms with Crippen molar-refractivity contribution in [3.63, 3.8) is 0 Å². The molecule has 7 heteroatoms. The molecule has 142 valence electrons. The van der Waals surface area contributed by atoms with Gasteiger partial charge in [-0.25, -0.2) is 4.98 Å². The number of nitrogens with zero attached hydrogens (tertiary/aromatic N) is 2. The Bertz CT molecular complexity index is 647. The van der Waals surface area contributed by atoms with E-state index < -0.39 is 0 Å². The van der Waals surface area contributed by atoms with Crippen LogP contribution in [0.5, 0.6) is 0 Å². The molecule has 2 fully saturated rings. The van der Waals surface area contributed by atoms with Crippen LogP contribution in [-0.2, 0) is 4.79 Å². The molecule has 0 bridgehead atoms. The first kappa shape index (κ1) is 18.5. The van der Waals surface area contributed by atoms with Crippen molar-refractivity contribution < 1.29 is 4.79 Å². The Kier molecular flexibility index (Phi) is 5.96. The minimum atomic E-state index is 0.118. The maximum absolute atomic E-state index is 11.8. The van der Waals surface area contributed by atoms with Crippen molar-refractivity contribution >= 4 is 23.4 Å². The van der Waals surface area contributed by atoms with E-state index in [0.29, 0.717) is 17.7 Å². The average Bonchev–Trinajstić information content (AvgIpc) is 3.14. The first-order valence-electron chi connectivity index (χ1n) is 9.63. The summed E-state index contributed by atoms with van der Waals surface area (Å²) in [6.07, 6.45) is 10.2. The molecule has 0 unspecified atom stereocenters. The zero-order chi connectivity index (χ0) is 18.5. The molecule has 2 aliphatic rings. The molecular weight excluding hydrogens is 328 g/mol. The molecule has 0 aromatic carbocycles. The summed E-state index contributed by atoms with van der Waals surface area (Å²) in [5.41, 5.74) is 7.13. The lowest BCUT2D eigenvalue weighted by Crippen LogP contribution is -2.34. The number of carbonyl (C=O) groups excluding carboxylic acids is 1. The second-order valence-electron chi connectivity index (χ2n) is 7.41. The standard InChI is InChI=1S/C19H30N6O/c1-12(20)16-11-22-19(24-14-5-3-4-6-14)25-17(16)23-15-9-7-13(8-10-15)18(26)21-2/h11,13-15H,1,3-10,20H2,2H3,(H,21,26)(H2,22,23,24,25)/t13-,15+. The molecule has 0 radical (unpaired) electrons. The molecule has 0 saturated heterocycles. The number of nitrogens with two attached hydrogens (primary N) is 1. The highest BCUT2D eigenvalue weighted by Crippen LogP contribution is 2.29. The Hall–Kier alpha value is -2.31. The van der Waals surface area contributed by atoms with Crippen LogP contribution in [0, 0.1) is 5.92 Å². The van der Waals surface area contributed by atoms with Crippen molar-refractivity contribution in [3.05, 3.63) is 18.3 Å². The lowest BCUT2D eigenvalue weighted by molar-refractivity contribution is -0.125. The molecule has 3 rings (SSSR count). The summed E-state index contributed by atoms with van der Waals surface area (Å²) in [4.78, 5) is 20.9. The van der Waals surface area contributed by atoms with Gasteiger partial charge in [-0.3, -0.25) is 4.79 Å². The summed E-state index contributed by atoms with van der Waals surface area (Å²) in [5.74, 6) is 1.64. The van der Waals surface area contributed by atoms with Crippen LogP contribution in [0.2, 0.25) is 0 Å². The molecule has 1 amide bonds. The van der Waals surface area contributed by atoms with E-state index in [1.165, 1.54) is 25.7 Å². The van der Waals surface area contributed by atoms with E-state index >= 15 is 0 Å². The van der Waals surface area contributed by atoms with Gasteiger partial charge in [-0.1, -0.05) is 19.4 Å². The van der Waals surface area contributed by atoms with Gasteiger partial charge in [0.25, 0.3) is 0 Å². The monoisotopic (exact) mass is 358 g/mol. The van der Waals surface area contributed by atoms with Crippen LogP contribution >= 0.6 is 0 Å². The topological polar surface area (TPSA) is 105 Å². The first-order chi connectivity index (χ1) is 12.6. The molecule has 0 spiro atoms. The summed E-state index contributed by atoms with van der Waals surface area (Å²) >= 11 is 0. The Labute approximate surface area is 155 Å². The minimum Gasteiger partial charge on any atom is -0.399 e. The molecule has 0 atom stereocenters. The molecule has 1 heterocycles. The second-order valence-corrected chi connectivity index (χ2v) is 7.41. The number of hydrogen-bond donors (Lipinski definition) is 4. The maximum atomic E-state index is 11.8. The largest absolute Gasteiger partial charge is 0.399 e. The van der Waals surface area contributed by atoms with E-state index in [1.54, 1.807) is 13.2 Å². The molecule has 2 saturated carbocycles. The second kappa shape index (κ2) is 8.38. The summed E-state index contributed by atoms with van der Waals surface area (Å²) in [7, 11) is 1.70. The van der Waals surface area contributed by atoms with Gasteiger partial charge in [0, 0.05) is 36.9 Å². The fraction of sp³-hybridized carbons (Fsp3) is 0.632. The normalized spacial score (nSPS) is 23.4. The molecule has 7 nitrogen and oxygen atoms in total. The van der Waals surface area contributed by atoms with Gasteiger partial charge in [0.1, 0.15) is 5.82 Å².